The molecule has 1 fully saturated rings. The Balaban J connectivity index is 2.06. The van der Waals surface area contributed by atoms with E-state index in [-0.39, 0.29) is 11.8 Å². The molecule has 0 atom stereocenters. The molecule has 1 saturated heterocycles. The first kappa shape index (κ1) is 13.1. The maximum absolute atomic E-state index is 11.6. The molecule has 0 aliphatic carbocycles. The average Bonchev–Trinajstić information content (AvgIpc) is 2.41. The molecule has 6 heteroatoms. The third-order valence-electron chi connectivity index (χ3n) is 3.41. The fourth-order valence-corrected chi connectivity index (χ4v) is 2.42. The third kappa shape index (κ3) is 2.56. The van der Waals surface area contributed by atoms with E-state index in [1.165, 1.54) is 6.33 Å². The van der Waals surface area contributed by atoms with Crippen LogP contribution >= 0.6 is 11.6 Å². The van der Waals surface area contributed by atoms with Crippen molar-refractivity contribution in [3.8, 4) is 0 Å². The minimum absolute atomic E-state index is 0.115. The van der Waals surface area contributed by atoms with Crippen molar-refractivity contribution < 1.29 is 4.79 Å². The fraction of sp³-hybridized carbons (Fsp3) is 0.583. The van der Waals surface area contributed by atoms with Crippen LogP contribution in [-0.2, 0) is 4.79 Å². The zero-order chi connectivity index (χ0) is 13.1. The van der Waals surface area contributed by atoms with E-state index >= 15 is 0 Å². The van der Waals surface area contributed by atoms with Crippen molar-refractivity contribution in [1.82, 2.24) is 15.3 Å². The molecule has 2 heterocycles. The minimum Gasteiger partial charge on any atom is -0.359 e. The molecular weight excluding hydrogens is 252 g/mol. The number of rotatable bonds is 2. The molecule has 1 aliphatic heterocycles. The number of aromatic nitrogens is 2. The van der Waals surface area contributed by atoms with Gasteiger partial charge in [0.1, 0.15) is 17.3 Å². The quantitative estimate of drug-likeness (QED) is 0.824. The first-order chi connectivity index (χ1) is 8.63. The second-order valence-corrected chi connectivity index (χ2v) is 4.85. The summed E-state index contributed by atoms with van der Waals surface area (Å²) in [5.41, 5.74) is 0.901. The van der Waals surface area contributed by atoms with Crippen molar-refractivity contribution >= 4 is 23.3 Å². The van der Waals surface area contributed by atoms with Crippen LogP contribution in [-0.4, -0.2) is 36.0 Å². The molecule has 0 spiro atoms. The van der Waals surface area contributed by atoms with Gasteiger partial charge in [0.05, 0.1) is 0 Å². The molecule has 1 N–H and O–H groups in total. The van der Waals surface area contributed by atoms with Gasteiger partial charge in [-0.05, 0) is 19.8 Å². The topological polar surface area (TPSA) is 58.1 Å². The van der Waals surface area contributed by atoms with Crippen LogP contribution in [0.4, 0.5) is 5.82 Å². The first-order valence-corrected chi connectivity index (χ1v) is 6.45. The van der Waals surface area contributed by atoms with E-state index in [0.29, 0.717) is 5.15 Å². The normalized spacial score (nSPS) is 16.7. The monoisotopic (exact) mass is 268 g/mol. The zero-order valence-corrected chi connectivity index (χ0v) is 11.4. The number of nitrogens with zero attached hydrogens (tertiary/aromatic N) is 3. The maximum atomic E-state index is 11.6. The van der Waals surface area contributed by atoms with E-state index in [1.54, 1.807) is 7.05 Å². The van der Waals surface area contributed by atoms with Crippen LogP contribution in [0.3, 0.4) is 0 Å². The summed E-state index contributed by atoms with van der Waals surface area (Å²) in [6.45, 7) is 3.57. The standard InChI is InChI=1S/C12H17ClN4O/c1-8-10(13)15-7-16-11(8)17-5-3-9(4-6-17)12(18)14-2/h7,9H,3-6H2,1-2H3,(H,14,18). The van der Waals surface area contributed by atoms with Gasteiger partial charge in [-0.1, -0.05) is 11.6 Å². The van der Waals surface area contributed by atoms with Crippen molar-refractivity contribution in [1.29, 1.82) is 0 Å². The number of amides is 1. The second-order valence-electron chi connectivity index (χ2n) is 4.49. The van der Waals surface area contributed by atoms with Crippen LogP contribution in [0.1, 0.15) is 18.4 Å². The van der Waals surface area contributed by atoms with Crippen molar-refractivity contribution in [3.05, 3.63) is 17.0 Å². The van der Waals surface area contributed by atoms with Crippen LogP contribution in [0.25, 0.3) is 0 Å². The van der Waals surface area contributed by atoms with E-state index in [4.69, 9.17) is 11.6 Å². The minimum atomic E-state index is 0.115. The molecule has 1 aliphatic rings. The van der Waals surface area contributed by atoms with Gasteiger partial charge in [0, 0.05) is 31.6 Å². The fourth-order valence-electron chi connectivity index (χ4n) is 2.30. The largest absolute Gasteiger partial charge is 0.359 e. The van der Waals surface area contributed by atoms with Gasteiger partial charge >= 0.3 is 0 Å². The summed E-state index contributed by atoms with van der Waals surface area (Å²) in [5.74, 6) is 1.13. The molecule has 0 saturated carbocycles. The lowest BCUT2D eigenvalue weighted by Gasteiger charge is -2.32. The first-order valence-electron chi connectivity index (χ1n) is 6.07. The van der Waals surface area contributed by atoms with Gasteiger partial charge in [0.15, 0.2) is 0 Å². The summed E-state index contributed by atoms with van der Waals surface area (Å²) in [4.78, 5) is 22.0. The summed E-state index contributed by atoms with van der Waals surface area (Å²) < 4.78 is 0. The lowest BCUT2D eigenvalue weighted by atomic mass is 9.96. The van der Waals surface area contributed by atoms with E-state index < -0.39 is 0 Å². The number of carbonyl (C=O) groups is 1. The van der Waals surface area contributed by atoms with Crippen LogP contribution in [0.5, 0.6) is 0 Å². The van der Waals surface area contributed by atoms with Gasteiger partial charge in [-0.2, -0.15) is 0 Å². The number of hydrogen-bond donors (Lipinski definition) is 1. The van der Waals surface area contributed by atoms with Gasteiger partial charge in [0.2, 0.25) is 5.91 Å². The number of hydrogen-bond acceptors (Lipinski definition) is 4. The number of piperidine rings is 1. The molecule has 1 aromatic rings. The van der Waals surface area contributed by atoms with Crippen molar-refractivity contribution in [2.24, 2.45) is 5.92 Å². The van der Waals surface area contributed by atoms with Crippen LogP contribution < -0.4 is 10.2 Å². The second kappa shape index (κ2) is 5.52. The number of nitrogens with one attached hydrogen (secondary N) is 1. The van der Waals surface area contributed by atoms with Crippen LogP contribution in [0.15, 0.2) is 6.33 Å². The summed E-state index contributed by atoms with van der Waals surface area (Å²) in [6, 6.07) is 0. The van der Waals surface area contributed by atoms with Crippen LogP contribution in [0, 0.1) is 12.8 Å². The Bertz CT molecular complexity index is 444. The van der Waals surface area contributed by atoms with Crippen molar-refractivity contribution in [2.45, 2.75) is 19.8 Å². The summed E-state index contributed by atoms with van der Waals surface area (Å²) in [6.07, 6.45) is 3.18. The predicted molar refractivity (Wildman–Crippen MR) is 70.8 cm³/mol. The number of carbonyl (C=O) groups excluding carboxylic acids is 1. The highest BCUT2D eigenvalue weighted by molar-refractivity contribution is 6.30. The highest BCUT2D eigenvalue weighted by Gasteiger charge is 2.25. The molecule has 5 nitrogen and oxygen atoms in total. The zero-order valence-electron chi connectivity index (χ0n) is 10.6. The van der Waals surface area contributed by atoms with Crippen molar-refractivity contribution in [3.63, 3.8) is 0 Å². The van der Waals surface area contributed by atoms with Crippen molar-refractivity contribution in [2.75, 3.05) is 25.0 Å². The Hall–Kier alpha value is -1.36. The van der Waals surface area contributed by atoms with Gasteiger partial charge in [0.25, 0.3) is 0 Å². The average molecular weight is 269 g/mol. The summed E-state index contributed by atoms with van der Waals surface area (Å²) in [7, 11) is 1.68. The Labute approximate surface area is 112 Å². The molecule has 0 radical (unpaired) electrons. The molecule has 1 aromatic heterocycles. The molecule has 0 unspecified atom stereocenters. The lowest BCUT2D eigenvalue weighted by Crippen LogP contribution is -2.40. The SMILES string of the molecule is CNC(=O)C1CCN(c2ncnc(Cl)c2C)CC1. The van der Waals surface area contributed by atoms with Gasteiger partial charge in [-0.3, -0.25) is 4.79 Å². The summed E-state index contributed by atoms with van der Waals surface area (Å²) in [5, 5.41) is 3.20. The molecule has 2 rings (SSSR count). The Kier molecular flexibility index (Phi) is 4.01. The molecule has 98 valence electrons. The molecule has 1 amide bonds. The maximum Gasteiger partial charge on any atom is 0.222 e. The lowest BCUT2D eigenvalue weighted by molar-refractivity contribution is -0.125. The van der Waals surface area contributed by atoms with E-state index in [0.717, 1.165) is 37.3 Å². The van der Waals surface area contributed by atoms with E-state index in [9.17, 15) is 4.79 Å². The Morgan fingerprint density at radius 3 is 2.72 bits per heavy atom. The smallest absolute Gasteiger partial charge is 0.222 e. The highest BCUT2D eigenvalue weighted by atomic mass is 35.5. The van der Waals surface area contributed by atoms with Crippen LogP contribution in [0.2, 0.25) is 5.15 Å². The number of halogens is 1. The highest BCUT2D eigenvalue weighted by Crippen LogP contribution is 2.26. The Morgan fingerprint density at radius 1 is 1.44 bits per heavy atom. The Morgan fingerprint density at radius 2 is 2.11 bits per heavy atom. The van der Waals surface area contributed by atoms with E-state index in [2.05, 4.69) is 20.2 Å². The molecule has 18 heavy (non-hydrogen) atoms. The third-order valence-corrected chi connectivity index (χ3v) is 3.79. The summed E-state index contributed by atoms with van der Waals surface area (Å²) >= 11 is 5.99. The number of anilines is 1. The predicted octanol–water partition coefficient (Wildman–Crippen LogP) is 1.40. The molecule has 0 bridgehead atoms. The van der Waals surface area contributed by atoms with Gasteiger partial charge in [-0.15, -0.1) is 0 Å². The molecule has 0 aromatic carbocycles. The van der Waals surface area contributed by atoms with E-state index in [1.807, 2.05) is 6.92 Å². The molecular formula is C12H17ClN4O. The van der Waals surface area contributed by atoms with Gasteiger partial charge < -0.3 is 10.2 Å². The van der Waals surface area contributed by atoms with Gasteiger partial charge in [-0.25, -0.2) is 9.97 Å².